The van der Waals surface area contributed by atoms with Gasteiger partial charge in [0.1, 0.15) is 12.2 Å². The molecule has 2 rings (SSSR count). The van der Waals surface area contributed by atoms with Gasteiger partial charge in [0.2, 0.25) is 0 Å². The molecule has 0 radical (unpaired) electrons. The van der Waals surface area contributed by atoms with Crippen LogP contribution in [0.3, 0.4) is 0 Å². The number of fused-ring (bicyclic) bond motifs is 1. The summed E-state index contributed by atoms with van der Waals surface area (Å²) in [6, 6.07) is 9.48. The molecule has 4 heteroatoms. The number of halogens is 1. The second-order valence-corrected chi connectivity index (χ2v) is 3.59. The van der Waals surface area contributed by atoms with Crippen molar-refractivity contribution in [1.29, 1.82) is 0 Å². The maximum atomic E-state index is 10.9. The predicted molar refractivity (Wildman–Crippen MR) is 61.5 cm³/mol. The van der Waals surface area contributed by atoms with E-state index in [4.69, 9.17) is 11.6 Å². The highest BCUT2D eigenvalue weighted by Gasteiger charge is 2.04. The lowest BCUT2D eigenvalue weighted by Crippen LogP contribution is -1.99. The van der Waals surface area contributed by atoms with Crippen LogP contribution in [-0.4, -0.2) is 23.0 Å². The molecule has 3 nitrogen and oxygen atoms in total. The Hall–Kier alpha value is -1.61. The standard InChI is InChI=1S/C11H9ClN2O/c1-14(15)7-9-6-8-4-2-3-5-10(8)13-11(9)12/h2-7H,1H3/b14-7+. The second kappa shape index (κ2) is 3.87. The molecule has 0 amide bonds. The molecule has 0 fully saturated rings. The van der Waals surface area contributed by atoms with Gasteiger partial charge in [-0.05, 0) is 12.1 Å². The zero-order valence-corrected chi connectivity index (χ0v) is 8.90. The van der Waals surface area contributed by atoms with Crippen LogP contribution < -0.4 is 0 Å². The first kappa shape index (κ1) is 9.93. The minimum atomic E-state index is 0.344. The highest BCUT2D eigenvalue weighted by molar-refractivity contribution is 6.32. The summed E-state index contributed by atoms with van der Waals surface area (Å²) in [5.41, 5.74) is 1.46. The Balaban J connectivity index is 2.67. The lowest BCUT2D eigenvalue weighted by molar-refractivity contribution is -0.416. The number of hydroxylamine groups is 1. The number of pyridine rings is 1. The van der Waals surface area contributed by atoms with Gasteiger partial charge in [0.25, 0.3) is 0 Å². The van der Waals surface area contributed by atoms with E-state index in [1.54, 1.807) is 0 Å². The van der Waals surface area contributed by atoms with Crippen molar-refractivity contribution in [2.45, 2.75) is 0 Å². The summed E-state index contributed by atoms with van der Waals surface area (Å²) in [4.78, 5) is 4.20. The maximum Gasteiger partial charge on any atom is 0.184 e. The molecule has 0 saturated carbocycles. The van der Waals surface area contributed by atoms with Crippen molar-refractivity contribution in [2.24, 2.45) is 0 Å². The summed E-state index contributed by atoms with van der Waals surface area (Å²) in [7, 11) is 1.41. The van der Waals surface area contributed by atoms with Crippen LogP contribution in [0.5, 0.6) is 0 Å². The molecule has 0 spiro atoms. The number of hydrogen-bond donors (Lipinski definition) is 0. The van der Waals surface area contributed by atoms with Crippen LogP contribution in [-0.2, 0) is 0 Å². The Bertz CT molecular complexity index is 533. The Morgan fingerprint density at radius 2 is 2.13 bits per heavy atom. The molecular weight excluding hydrogens is 212 g/mol. The highest BCUT2D eigenvalue weighted by Crippen LogP contribution is 2.18. The quantitative estimate of drug-likeness (QED) is 0.243. The molecule has 2 aromatic rings. The first-order chi connectivity index (χ1) is 7.16. The molecule has 15 heavy (non-hydrogen) atoms. The Morgan fingerprint density at radius 3 is 2.87 bits per heavy atom. The fourth-order valence-corrected chi connectivity index (χ4v) is 1.59. The van der Waals surface area contributed by atoms with Crippen molar-refractivity contribution < 1.29 is 4.74 Å². The first-order valence-corrected chi connectivity index (χ1v) is 4.85. The molecular formula is C11H9ClN2O. The lowest BCUT2D eigenvalue weighted by atomic mass is 10.2. The third-order valence-corrected chi connectivity index (χ3v) is 2.33. The van der Waals surface area contributed by atoms with Gasteiger partial charge in [-0.25, -0.2) is 9.72 Å². The van der Waals surface area contributed by atoms with E-state index in [9.17, 15) is 5.21 Å². The van der Waals surface area contributed by atoms with Crippen molar-refractivity contribution in [1.82, 2.24) is 4.98 Å². The summed E-state index contributed by atoms with van der Waals surface area (Å²) >= 11 is 5.94. The van der Waals surface area contributed by atoms with Crippen LogP contribution in [0.2, 0.25) is 5.15 Å². The van der Waals surface area contributed by atoms with E-state index < -0.39 is 0 Å². The number of nitrogens with zero attached hydrogens (tertiary/aromatic N) is 2. The smallest absolute Gasteiger partial charge is 0.184 e. The predicted octanol–water partition coefficient (Wildman–Crippen LogP) is 2.45. The van der Waals surface area contributed by atoms with Crippen LogP contribution in [0.15, 0.2) is 30.3 Å². The average molecular weight is 221 g/mol. The summed E-state index contributed by atoms with van der Waals surface area (Å²) in [6.45, 7) is 0. The second-order valence-electron chi connectivity index (χ2n) is 3.24. The highest BCUT2D eigenvalue weighted by atomic mass is 35.5. The zero-order chi connectivity index (χ0) is 10.8. The van der Waals surface area contributed by atoms with E-state index in [1.807, 2.05) is 30.3 Å². The third-order valence-electron chi connectivity index (χ3n) is 2.03. The molecule has 0 unspecified atom stereocenters. The molecule has 1 aromatic heterocycles. The third kappa shape index (κ3) is 2.07. The summed E-state index contributed by atoms with van der Waals surface area (Å²) < 4.78 is 0.706. The maximum absolute atomic E-state index is 10.9. The molecule has 0 bridgehead atoms. The molecule has 76 valence electrons. The molecule has 0 atom stereocenters. The van der Waals surface area contributed by atoms with E-state index in [1.165, 1.54) is 13.3 Å². The molecule has 0 saturated heterocycles. The van der Waals surface area contributed by atoms with Crippen molar-refractivity contribution in [3.8, 4) is 0 Å². The van der Waals surface area contributed by atoms with Gasteiger partial charge in [-0.2, -0.15) is 0 Å². The zero-order valence-electron chi connectivity index (χ0n) is 8.14. The molecule has 0 aliphatic rings. The van der Waals surface area contributed by atoms with Crippen LogP contribution in [0.25, 0.3) is 10.9 Å². The van der Waals surface area contributed by atoms with Gasteiger partial charge in [0.05, 0.1) is 11.1 Å². The Morgan fingerprint density at radius 1 is 1.40 bits per heavy atom. The van der Waals surface area contributed by atoms with E-state index in [-0.39, 0.29) is 0 Å². The van der Waals surface area contributed by atoms with Crippen LogP contribution >= 0.6 is 11.6 Å². The van der Waals surface area contributed by atoms with E-state index in [0.29, 0.717) is 15.5 Å². The van der Waals surface area contributed by atoms with E-state index >= 15 is 0 Å². The van der Waals surface area contributed by atoms with E-state index in [0.717, 1.165) is 10.9 Å². The van der Waals surface area contributed by atoms with E-state index in [2.05, 4.69) is 4.98 Å². The van der Waals surface area contributed by atoms with Gasteiger partial charge in [0.15, 0.2) is 6.21 Å². The Kier molecular flexibility index (Phi) is 2.56. The Labute approximate surface area is 92.2 Å². The molecule has 0 aliphatic heterocycles. The topological polar surface area (TPSA) is 39.0 Å². The molecule has 0 N–H and O–H groups in total. The van der Waals surface area contributed by atoms with Gasteiger partial charge in [-0.1, -0.05) is 29.8 Å². The van der Waals surface area contributed by atoms with Gasteiger partial charge in [-0.3, -0.25) is 0 Å². The van der Waals surface area contributed by atoms with Crippen LogP contribution in [0.4, 0.5) is 0 Å². The number of aromatic nitrogens is 1. The van der Waals surface area contributed by atoms with Gasteiger partial charge >= 0.3 is 0 Å². The minimum absolute atomic E-state index is 0.344. The monoisotopic (exact) mass is 220 g/mol. The first-order valence-electron chi connectivity index (χ1n) is 4.47. The van der Waals surface area contributed by atoms with Crippen molar-refractivity contribution in [3.05, 3.63) is 46.3 Å². The number of hydrogen-bond acceptors (Lipinski definition) is 2. The largest absolute Gasteiger partial charge is 0.624 e. The number of rotatable bonds is 1. The minimum Gasteiger partial charge on any atom is -0.624 e. The average Bonchev–Trinajstić information content (AvgIpc) is 2.18. The van der Waals surface area contributed by atoms with Crippen LogP contribution in [0, 0.1) is 5.21 Å². The van der Waals surface area contributed by atoms with Crippen molar-refractivity contribution in [3.63, 3.8) is 0 Å². The SMILES string of the molecule is C/[N+]([O-])=C\c1cc2ccccc2nc1Cl. The molecule has 1 aromatic carbocycles. The van der Waals surface area contributed by atoms with Gasteiger partial charge in [-0.15, -0.1) is 0 Å². The summed E-state index contributed by atoms with van der Waals surface area (Å²) in [5.74, 6) is 0. The molecule has 0 aliphatic carbocycles. The lowest BCUT2D eigenvalue weighted by Gasteiger charge is -2.01. The molecule has 1 heterocycles. The fourth-order valence-electron chi connectivity index (χ4n) is 1.40. The van der Waals surface area contributed by atoms with Gasteiger partial charge in [0, 0.05) is 5.39 Å². The fraction of sp³-hybridized carbons (Fsp3) is 0.0909. The van der Waals surface area contributed by atoms with Crippen molar-refractivity contribution >= 4 is 28.7 Å². The van der Waals surface area contributed by atoms with Crippen molar-refractivity contribution in [2.75, 3.05) is 7.05 Å². The normalized spacial score (nSPS) is 12.0. The summed E-state index contributed by atoms with van der Waals surface area (Å²) in [6.07, 6.45) is 1.40. The number of benzene rings is 1. The number of para-hydroxylation sites is 1. The summed E-state index contributed by atoms with van der Waals surface area (Å²) in [5, 5.41) is 12.2. The van der Waals surface area contributed by atoms with Crippen LogP contribution in [0.1, 0.15) is 5.56 Å². The van der Waals surface area contributed by atoms with Gasteiger partial charge < -0.3 is 5.21 Å².